The van der Waals surface area contributed by atoms with Crippen LogP contribution in [0.25, 0.3) is 0 Å². The second-order valence-corrected chi connectivity index (χ2v) is 4.86. The number of amides is 1. The van der Waals surface area contributed by atoms with Crippen LogP contribution in [0.3, 0.4) is 0 Å². The normalized spacial score (nSPS) is 30.5. The molecule has 0 N–H and O–H groups in total. The Kier molecular flexibility index (Phi) is 4.05. The quantitative estimate of drug-likeness (QED) is 0.795. The van der Waals surface area contributed by atoms with E-state index in [0.29, 0.717) is 6.61 Å². The van der Waals surface area contributed by atoms with Crippen molar-refractivity contribution in [2.75, 3.05) is 26.9 Å². The zero-order valence-corrected chi connectivity index (χ0v) is 11.6. The van der Waals surface area contributed by atoms with Gasteiger partial charge in [-0.1, -0.05) is 30.3 Å². The maximum atomic E-state index is 14.1. The minimum absolute atomic E-state index is 0.0665. The third kappa shape index (κ3) is 2.59. The molecule has 2 heterocycles. The van der Waals surface area contributed by atoms with Gasteiger partial charge in [0.25, 0.3) is 0 Å². The number of benzene rings is 1. The molecule has 21 heavy (non-hydrogen) atoms. The van der Waals surface area contributed by atoms with Gasteiger partial charge in [0, 0.05) is 13.7 Å². The van der Waals surface area contributed by atoms with E-state index in [-0.39, 0.29) is 13.2 Å². The van der Waals surface area contributed by atoms with E-state index in [1.807, 2.05) is 30.3 Å². The van der Waals surface area contributed by atoms with E-state index in [0.717, 1.165) is 5.56 Å². The van der Waals surface area contributed by atoms with Crippen molar-refractivity contribution in [3.8, 4) is 0 Å². The second-order valence-electron chi connectivity index (χ2n) is 4.86. The zero-order valence-electron chi connectivity index (χ0n) is 11.6. The van der Waals surface area contributed by atoms with Gasteiger partial charge < -0.3 is 14.2 Å². The van der Waals surface area contributed by atoms with Crippen LogP contribution in [-0.2, 0) is 14.2 Å². The Bertz CT molecular complexity index is 501. The Morgan fingerprint density at radius 1 is 1.33 bits per heavy atom. The van der Waals surface area contributed by atoms with Gasteiger partial charge in [-0.25, -0.2) is 14.2 Å². The molecular weight excluding hydrogens is 279 g/mol. The molecule has 0 spiro atoms. The topological polar surface area (TPSA) is 51.2 Å². The maximum absolute atomic E-state index is 14.1. The standard InChI is InChI=1S/C14H17FN2O4/c1-19-13-12(10-5-3-2-4-6-10)17(14(18)21-13)16-7-8-20-9-11(16)15/h2-6,11-13H,7-9H2,1H3. The van der Waals surface area contributed by atoms with Crippen molar-refractivity contribution < 1.29 is 23.4 Å². The highest BCUT2D eigenvalue weighted by Gasteiger charge is 2.48. The van der Waals surface area contributed by atoms with Crippen LogP contribution in [0.2, 0.25) is 0 Å². The molecule has 7 heteroatoms. The molecule has 114 valence electrons. The molecule has 1 amide bonds. The van der Waals surface area contributed by atoms with E-state index in [1.54, 1.807) is 0 Å². The van der Waals surface area contributed by atoms with Crippen molar-refractivity contribution in [1.29, 1.82) is 0 Å². The first-order valence-corrected chi connectivity index (χ1v) is 6.78. The third-order valence-corrected chi connectivity index (χ3v) is 3.62. The van der Waals surface area contributed by atoms with Crippen molar-refractivity contribution in [3.05, 3.63) is 35.9 Å². The number of alkyl halides is 1. The highest BCUT2D eigenvalue weighted by atomic mass is 19.1. The molecule has 3 unspecified atom stereocenters. The van der Waals surface area contributed by atoms with Gasteiger partial charge in [-0.3, -0.25) is 0 Å². The fourth-order valence-corrected chi connectivity index (χ4v) is 2.64. The molecule has 2 saturated heterocycles. The van der Waals surface area contributed by atoms with Gasteiger partial charge in [-0.15, -0.1) is 0 Å². The summed E-state index contributed by atoms with van der Waals surface area (Å²) in [5, 5.41) is 2.65. The van der Waals surface area contributed by atoms with Gasteiger partial charge in [-0.05, 0) is 5.56 Å². The lowest BCUT2D eigenvalue weighted by atomic mass is 10.1. The first kappa shape index (κ1) is 14.2. The van der Waals surface area contributed by atoms with Crippen molar-refractivity contribution >= 4 is 6.09 Å². The monoisotopic (exact) mass is 296 g/mol. The molecule has 1 aromatic rings. The molecule has 0 bridgehead atoms. The van der Waals surface area contributed by atoms with Crippen molar-refractivity contribution in [2.45, 2.75) is 18.6 Å². The fourth-order valence-electron chi connectivity index (χ4n) is 2.64. The Labute approximate surface area is 121 Å². The lowest BCUT2D eigenvalue weighted by Gasteiger charge is -2.38. The van der Waals surface area contributed by atoms with E-state index in [4.69, 9.17) is 14.2 Å². The first-order valence-electron chi connectivity index (χ1n) is 6.78. The number of halogens is 1. The number of hydrogen-bond acceptors (Lipinski definition) is 5. The molecule has 2 aliphatic heterocycles. The number of morpholine rings is 1. The largest absolute Gasteiger partial charge is 0.427 e. The van der Waals surface area contributed by atoms with Crippen molar-refractivity contribution in [3.63, 3.8) is 0 Å². The zero-order chi connectivity index (χ0) is 14.8. The van der Waals surface area contributed by atoms with Gasteiger partial charge in [0.1, 0.15) is 6.04 Å². The Balaban J connectivity index is 1.93. The summed E-state index contributed by atoms with van der Waals surface area (Å²) in [5.74, 6) is 0. The van der Waals surface area contributed by atoms with E-state index in [1.165, 1.54) is 17.1 Å². The minimum Gasteiger partial charge on any atom is -0.416 e. The van der Waals surface area contributed by atoms with Crippen LogP contribution in [0.1, 0.15) is 11.6 Å². The Hall–Kier alpha value is -1.70. The van der Waals surface area contributed by atoms with Crippen LogP contribution < -0.4 is 0 Å². The molecule has 0 radical (unpaired) electrons. The van der Waals surface area contributed by atoms with Gasteiger partial charge in [0.2, 0.25) is 6.29 Å². The highest BCUT2D eigenvalue weighted by molar-refractivity contribution is 5.70. The third-order valence-electron chi connectivity index (χ3n) is 3.62. The van der Waals surface area contributed by atoms with Gasteiger partial charge in [0.05, 0.1) is 13.2 Å². The maximum Gasteiger partial charge on any atom is 0.427 e. The average molecular weight is 296 g/mol. The molecule has 0 saturated carbocycles. The average Bonchev–Trinajstić information content (AvgIpc) is 2.85. The number of carbonyl (C=O) groups is 1. The van der Waals surface area contributed by atoms with E-state index in [9.17, 15) is 9.18 Å². The molecule has 6 nitrogen and oxygen atoms in total. The number of nitrogens with zero attached hydrogens (tertiary/aromatic N) is 2. The second kappa shape index (κ2) is 5.97. The van der Waals surface area contributed by atoms with E-state index in [2.05, 4.69) is 0 Å². The number of ether oxygens (including phenoxy) is 3. The Morgan fingerprint density at radius 3 is 2.76 bits per heavy atom. The van der Waals surface area contributed by atoms with E-state index >= 15 is 0 Å². The number of carbonyl (C=O) groups excluding carboxylic acids is 1. The lowest BCUT2D eigenvalue weighted by molar-refractivity contribution is -0.164. The summed E-state index contributed by atoms with van der Waals surface area (Å²) in [7, 11) is 1.46. The number of hydrogen-bond donors (Lipinski definition) is 0. The van der Waals surface area contributed by atoms with Crippen LogP contribution in [0.5, 0.6) is 0 Å². The number of methoxy groups -OCH3 is 1. The van der Waals surface area contributed by atoms with Gasteiger partial charge in [-0.2, -0.15) is 5.01 Å². The summed E-state index contributed by atoms with van der Waals surface area (Å²) in [5.41, 5.74) is 0.828. The number of rotatable bonds is 3. The van der Waals surface area contributed by atoms with Crippen LogP contribution in [0, 0.1) is 0 Å². The molecule has 2 aliphatic rings. The molecular formula is C14H17FN2O4. The highest BCUT2D eigenvalue weighted by Crippen LogP contribution is 2.36. The van der Waals surface area contributed by atoms with Crippen LogP contribution in [-0.4, -0.2) is 55.6 Å². The minimum atomic E-state index is -1.38. The number of cyclic esters (lactones) is 1. The van der Waals surface area contributed by atoms with Crippen LogP contribution >= 0.6 is 0 Å². The summed E-state index contributed by atoms with van der Waals surface area (Å²) in [4.78, 5) is 12.1. The molecule has 1 aromatic carbocycles. The molecule has 3 atom stereocenters. The predicted molar refractivity (Wildman–Crippen MR) is 70.7 cm³/mol. The summed E-state index contributed by atoms with van der Waals surface area (Å²) in [6, 6.07) is 8.79. The van der Waals surface area contributed by atoms with Crippen LogP contribution in [0.15, 0.2) is 30.3 Å². The summed E-state index contributed by atoms with van der Waals surface area (Å²) in [6.45, 7) is 0.586. The summed E-state index contributed by atoms with van der Waals surface area (Å²) >= 11 is 0. The molecule has 0 aromatic heterocycles. The first-order chi connectivity index (χ1) is 10.2. The molecule has 2 fully saturated rings. The SMILES string of the molecule is COC1OC(=O)N(N2CCOCC2F)C1c1ccccc1. The summed E-state index contributed by atoms with van der Waals surface area (Å²) in [6.07, 6.45) is -2.76. The lowest BCUT2D eigenvalue weighted by Crippen LogP contribution is -2.54. The smallest absolute Gasteiger partial charge is 0.416 e. The summed E-state index contributed by atoms with van der Waals surface area (Å²) < 4.78 is 29.6. The Morgan fingerprint density at radius 2 is 2.10 bits per heavy atom. The fraction of sp³-hybridized carbons (Fsp3) is 0.500. The van der Waals surface area contributed by atoms with Crippen LogP contribution in [0.4, 0.5) is 9.18 Å². The molecule has 0 aliphatic carbocycles. The molecule has 3 rings (SSSR count). The van der Waals surface area contributed by atoms with Crippen molar-refractivity contribution in [2.24, 2.45) is 0 Å². The van der Waals surface area contributed by atoms with Gasteiger partial charge >= 0.3 is 6.09 Å². The van der Waals surface area contributed by atoms with Gasteiger partial charge in [0.15, 0.2) is 6.30 Å². The predicted octanol–water partition coefficient (Wildman–Crippen LogP) is 1.70. The van der Waals surface area contributed by atoms with E-state index < -0.39 is 24.7 Å². The van der Waals surface area contributed by atoms with Crippen molar-refractivity contribution in [1.82, 2.24) is 10.0 Å². The number of hydrazine groups is 1.